The van der Waals surface area contributed by atoms with Gasteiger partial charge in [-0.25, -0.2) is 4.79 Å². The topological polar surface area (TPSA) is 35.5 Å². The van der Waals surface area contributed by atoms with E-state index >= 15 is 0 Å². The van der Waals surface area contributed by atoms with E-state index in [-0.39, 0.29) is 0 Å². The highest BCUT2D eigenvalue weighted by atomic mass is 17.2. The highest BCUT2D eigenvalue weighted by Gasteiger charge is 2.07. The smallest absolute Gasteiger partial charge is 0.293 e. The molecule has 0 aliphatic carbocycles. The fraction of sp³-hybridized carbons (Fsp3) is 0.500. The summed E-state index contributed by atoms with van der Waals surface area (Å²) in [7, 11) is 0. The molecule has 0 saturated heterocycles. The Labute approximate surface area is 115 Å². The molecule has 3 nitrogen and oxygen atoms in total. The Hall–Kier alpha value is -1.35. The molecule has 0 fully saturated rings. The van der Waals surface area contributed by atoms with Crippen molar-refractivity contribution in [2.24, 2.45) is 0 Å². The highest BCUT2D eigenvalue weighted by molar-refractivity contribution is 5.88. The maximum atomic E-state index is 11.6. The van der Waals surface area contributed by atoms with Crippen molar-refractivity contribution in [3.8, 4) is 0 Å². The molecule has 1 aromatic rings. The first-order chi connectivity index (χ1) is 9.24. The lowest BCUT2D eigenvalue weighted by atomic mass is 10.1. The second-order valence-electron chi connectivity index (χ2n) is 4.68. The molecule has 1 radical (unpaired) electrons. The van der Waals surface area contributed by atoms with Crippen LogP contribution in [0.1, 0.15) is 54.4 Å². The Balaban J connectivity index is 2.06. The van der Waals surface area contributed by atoms with Gasteiger partial charge in [0.25, 0.3) is 0 Å². The van der Waals surface area contributed by atoms with Crippen LogP contribution in [0.3, 0.4) is 0 Å². The first-order valence-electron chi connectivity index (χ1n) is 6.93. The van der Waals surface area contributed by atoms with Crippen LogP contribution in [0, 0.1) is 13.8 Å². The molecule has 0 amide bonds. The van der Waals surface area contributed by atoms with E-state index in [0.717, 1.165) is 24.8 Å². The molecule has 105 valence electrons. The van der Waals surface area contributed by atoms with Crippen molar-refractivity contribution in [3.05, 3.63) is 42.3 Å². The van der Waals surface area contributed by atoms with E-state index in [9.17, 15) is 4.79 Å². The number of benzene rings is 1. The summed E-state index contributed by atoms with van der Waals surface area (Å²) >= 11 is 0. The Morgan fingerprint density at radius 1 is 1.05 bits per heavy atom. The Morgan fingerprint density at radius 3 is 2.37 bits per heavy atom. The average Bonchev–Trinajstić information content (AvgIpc) is 2.42. The molecule has 0 unspecified atom stereocenters. The van der Waals surface area contributed by atoms with E-state index in [1.54, 1.807) is 12.1 Å². The number of unbranched alkanes of at least 4 members (excludes halogenated alkanes) is 5. The summed E-state index contributed by atoms with van der Waals surface area (Å²) in [4.78, 5) is 21.2. The van der Waals surface area contributed by atoms with Gasteiger partial charge in [-0.05, 0) is 25.5 Å². The number of rotatable bonds is 9. The molecule has 0 spiro atoms. The van der Waals surface area contributed by atoms with Crippen LogP contribution in [0.25, 0.3) is 0 Å². The van der Waals surface area contributed by atoms with Gasteiger partial charge in [-0.1, -0.05) is 56.7 Å². The largest absolute Gasteiger partial charge is 0.373 e. The van der Waals surface area contributed by atoms with Gasteiger partial charge in [-0.3, -0.25) is 4.89 Å². The molecule has 1 aromatic carbocycles. The number of hydrogen-bond donors (Lipinski definition) is 0. The van der Waals surface area contributed by atoms with Crippen LogP contribution in [-0.4, -0.2) is 12.6 Å². The lowest BCUT2D eigenvalue weighted by Gasteiger charge is -2.04. The zero-order chi connectivity index (χ0) is 13.9. The molecular weight excluding hydrogens is 240 g/mol. The monoisotopic (exact) mass is 263 g/mol. The second kappa shape index (κ2) is 9.56. The maximum absolute atomic E-state index is 11.6. The number of hydrogen-bond acceptors (Lipinski definition) is 3. The van der Waals surface area contributed by atoms with E-state index in [1.165, 1.54) is 19.3 Å². The van der Waals surface area contributed by atoms with Crippen molar-refractivity contribution in [2.45, 2.75) is 45.4 Å². The van der Waals surface area contributed by atoms with Gasteiger partial charge in [-0.15, -0.1) is 0 Å². The second-order valence-corrected chi connectivity index (χ2v) is 4.68. The normalized spacial score (nSPS) is 10.4. The van der Waals surface area contributed by atoms with E-state index in [2.05, 4.69) is 6.92 Å². The van der Waals surface area contributed by atoms with Gasteiger partial charge in [0, 0.05) is 0 Å². The molecule has 1 rings (SSSR count). The minimum Gasteiger partial charge on any atom is -0.293 e. The van der Waals surface area contributed by atoms with Crippen molar-refractivity contribution in [2.75, 3.05) is 6.61 Å². The lowest BCUT2D eigenvalue weighted by molar-refractivity contribution is -0.241. The van der Waals surface area contributed by atoms with E-state index < -0.39 is 5.97 Å². The molecule has 0 N–H and O–H groups in total. The summed E-state index contributed by atoms with van der Waals surface area (Å²) in [6.07, 6.45) is 6.60. The summed E-state index contributed by atoms with van der Waals surface area (Å²) < 4.78 is 0. The average molecular weight is 263 g/mol. The number of carbonyl (C=O) groups excluding carboxylic acids is 1. The predicted octanol–water partition coefficient (Wildman–Crippen LogP) is 4.26. The van der Waals surface area contributed by atoms with Gasteiger partial charge in [0.05, 0.1) is 12.2 Å². The lowest BCUT2D eigenvalue weighted by Crippen LogP contribution is -2.06. The minimum absolute atomic E-state index is 0.433. The molecule has 0 atom stereocenters. The van der Waals surface area contributed by atoms with Gasteiger partial charge in [-0.2, -0.15) is 4.89 Å². The molecule has 0 saturated carbocycles. The number of carbonyl (C=O) groups is 1. The van der Waals surface area contributed by atoms with Crippen LogP contribution in [0.4, 0.5) is 0 Å². The van der Waals surface area contributed by atoms with Gasteiger partial charge >= 0.3 is 5.97 Å². The first-order valence-corrected chi connectivity index (χ1v) is 6.93. The zero-order valence-electron chi connectivity index (χ0n) is 11.7. The van der Waals surface area contributed by atoms with Crippen LogP contribution in [0.2, 0.25) is 0 Å². The van der Waals surface area contributed by atoms with Crippen molar-refractivity contribution in [3.63, 3.8) is 0 Å². The molecule has 0 heterocycles. The third-order valence-corrected chi connectivity index (χ3v) is 2.90. The van der Waals surface area contributed by atoms with Crippen molar-refractivity contribution in [1.82, 2.24) is 0 Å². The van der Waals surface area contributed by atoms with Crippen LogP contribution in [0.5, 0.6) is 0 Å². The molecule has 0 aliphatic heterocycles. The third-order valence-electron chi connectivity index (χ3n) is 2.90. The predicted molar refractivity (Wildman–Crippen MR) is 75.6 cm³/mol. The fourth-order valence-electron chi connectivity index (χ4n) is 1.70. The van der Waals surface area contributed by atoms with Gasteiger partial charge in [0.1, 0.15) is 0 Å². The molecule has 0 aromatic heterocycles. The van der Waals surface area contributed by atoms with Crippen LogP contribution < -0.4 is 0 Å². The van der Waals surface area contributed by atoms with Crippen LogP contribution in [-0.2, 0) is 9.78 Å². The maximum Gasteiger partial charge on any atom is 0.373 e. The summed E-state index contributed by atoms with van der Waals surface area (Å²) in [6, 6.07) is 7.22. The zero-order valence-corrected chi connectivity index (χ0v) is 11.7. The third kappa shape index (κ3) is 6.97. The Morgan fingerprint density at radius 2 is 1.68 bits per heavy atom. The van der Waals surface area contributed by atoms with E-state index in [4.69, 9.17) is 9.78 Å². The first kappa shape index (κ1) is 15.7. The molecular formula is C16H23O3. The molecule has 19 heavy (non-hydrogen) atoms. The van der Waals surface area contributed by atoms with Gasteiger partial charge in [0.15, 0.2) is 0 Å². The van der Waals surface area contributed by atoms with Crippen LogP contribution in [0.15, 0.2) is 24.3 Å². The number of aryl methyl sites for hydroxylation is 1. The van der Waals surface area contributed by atoms with Crippen LogP contribution >= 0.6 is 0 Å². The summed E-state index contributed by atoms with van der Waals surface area (Å²) in [6.45, 7) is 6.24. The van der Waals surface area contributed by atoms with Gasteiger partial charge < -0.3 is 0 Å². The van der Waals surface area contributed by atoms with Crippen molar-refractivity contribution >= 4 is 5.97 Å². The van der Waals surface area contributed by atoms with E-state index in [0.29, 0.717) is 12.2 Å². The molecule has 0 bridgehead atoms. The minimum atomic E-state index is -0.433. The van der Waals surface area contributed by atoms with Crippen molar-refractivity contribution < 1.29 is 14.6 Å². The fourth-order valence-corrected chi connectivity index (χ4v) is 1.70. The Bertz CT molecular complexity index is 357. The molecule has 0 aliphatic rings. The summed E-state index contributed by atoms with van der Waals surface area (Å²) in [5, 5.41) is 0. The standard InChI is InChI=1S/C16H23O3/c1-3-4-5-6-7-8-13-18-19-16(17)15-11-9-14(2)10-12-15/h9-12H,1,3-8,13H2,2H3. The molecule has 3 heteroatoms. The van der Waals surface area contributed by atoms with E-state index in [1.807, 2.05) is 19.1 Å². The summed E-state index contributed by atoms with van der Waals surface area (Å²) in [5.74, 6) is -0.433. The van der Waals surface area contributed by atoms with Gasteiger partial charge in [0.2, 0.25) is 0 Å². The SMILES string of the molecule is [CH2]CCCCCCCOOC(=O)c1ccc(C)cc1. The quantitative estimate of drug-likeness (QED) is 0.379. The highest BCUT2D eigenvalue weighted by Crippen LogP contribution is 2.07. The summed E-state index contributed by atoms with van der Waals surface area (Å²) in [5.41, 5.74) is 1.63. The van der Waals surface area contributed by atoms with Crippen molar-refractivity contribution in [1.29, 1.82) is 0 Å². The Kier molecular flexibility index (Phi) is 7.91.